The van der Waals surface area contributed by atoms with Gasteiger partial charge < -0.3 is 15.0 Å². The van der Waals surface area contributed by atoms with Crippen LogP contribution in [0.5, 0.6) is 0 Å². The molecule has 2 heterocycles. The number of nitrogens with one attached hydrogen (secondary N) is 1. The maximum Gasteiger partial charge on any atom is 0.234 e. The highest BCUT2D eigenvalue weighted by Gasteiger charge is 2.15. The molecule has 0 radical (unpaired) electrons. The third-order valence-electron chi connectivity index (χ3n) is 4.61. The SMILES string of the molecule is CN(C)Cc1cc(-c2ccccc2F)nn1CCNC(=O)CN1CCOCC1. The molecule has 1 aliphatic rings. The summed E-state index contributed by atoms with van der Waals surface area (Å²) in [6, 6.07) is 8.54. The summed E-state index contributed by atoms with van der Waals surface area (Å²) < 4.78 is 21.3. The van der Waals surface area contributed by atoms with Gasteiger partial charge in [-0.2, -0.15) is 5.10 Å². The first kappa shape index (κ1) is 20.4. The van der Waals surface area contributed by atoms with E-state index < -0.39 is 0 Å². The number of benzene rings is 1. The molecular formula is C20H28FN5O2. The minimum atomic E-state index is -0.289. The third-order valence-corrected chi connectivity index (χ3v) is 4.61. The molecule has 1 fully saturated rings. The second kappa shape index (κ2) is 9.77. The summed E-state index contributed by atoms with van der Waals surface area (Å²) in [4.78, 5) is 16.3. The van der Waals surface area contributed by atoms with Gasteiger partial charge in [-0.1, -0.05) is 12.1 Å². The van der Waals surface area contributed by atoms with Crippen LogP contribution in [0.15, 0.2) is 30.3 Å². The summed E-state index contributed by atoms with van der Waals surface area (Å²) >= 11 is 0. The number of morpholine rings is 1. The quantitative estimate of drug-likeness (QED) is 0.735. The molecule has 8 heteroatoms. The molecule has 28 heavy (non-hydrogen) atoms. The molecule has 0 bridgehead atoms. The van der Waals surface area contributed by atoms with E-state index >= 15 is 0 Å². The predicted octanol–water partition coefficient (Wildman–Crippen LogP) is 1.20. The molecular weight excluding hydrogens is 361 g/mol. The van der Waals surface area contributed by atoms with Gasteiger partial charge in [-0.15, -0.1) is 0 Å². The molecule has 0 spiro atoms. The first-order chi connectivity index (χ1) is 13.5. The van der Waals surface area contributed by atoms with E-state index in [0.29, 0.717) is 50.7 Å². The lowest BCUT2D eigenvalue weighted by molar-refractivity contribution is -0.123. The van der Waals surface area contributed by atoms with Crippen molar-refractivity contribution in [1.82, 2.24) is 24.9 Å². The van der Waals surface area contributed by atoms with Crippen molar-refractivity contribution >= 4 is 5.91 Å². The van der Waals surface area contributed by atoms with Crippen LogP contribution in [0.25, 0.3) is 11.3 Å². The first-order valence-electron chi connectivity index (χ1n) is 9.56. The maximum atomic E-state index is 14.1. The minimum absolute atomic E-state index is 0.00228. The van der Waals surface area contributed by atoms with Gasteiger partial charge >= 0.3 is 0 Å². The van der Waals surface area contributed by atoms with Crippen molar-refractivity contribution in [2.24, 2.45) is 0 Å². The number of carbonyl (C=O) groups is 1. The minimum Gasteiger partial charge on any atom is -0.379 e. The highest BCUT2D eigenvalue weighted by Crippen LogP contribution is 2.22. The molecule has 0 atom stereocenters. The van der Waals surface area contributed by atoms with E-state index in [1.165, 1.54) is 6.07 Å². The topological polar surface area (TPSA) is 62.6 Å². The Hall–Kier alpha value is -2.29. The van der Waals surface area contributed by atoms with Crippen LogP contribution in [0.2, 0.25) is 0 Å². The number of amides is 1. The van der Waals surface area contributed by atoms with Gasteiger partial charge in [0, 0.05) is 31.7 Å². The molecule has 1 N–H and O–H groups in total. The molecule has 152 valence electrons. The zero-order valence-corrected chi connectivity index (χ0v) is 16.5. The van der Waals surface area contributed by atoms with E-state index in [1.54, 1.807) is 18.2 Å². The number of nitrogens with zero attached hydrogens (tertiary/aromatic N) is 4. The van der Waals surface area contributed by atoms with E-state index in [1.807, 2.05) is 29.7 Å². The van der Waals surface area contributed by atoms with E-state index in [4.69, 9.17) is 4.74 Å². The van der Waals surface area contributed by atoms with Crippen LogP contribution in [-0.2, 0) is 22.6 Å². The van der Waals surface area contributed by atoms with E-state index in [-0.39, 0.29) is 11.7 Å². The zero-order valence-electron chi connectivity index (χ0n) is 16.5. The van der Waals surface area contributed by atoms with Gasteiger partial charge in [-0.05, 0) is 32.3 Å². The Morgan fingerprint density at radius 3 is 2.75 bits per heavy atom. The fourth-order valence-corrected chi connectivity index (χ4v) is 3.22. The molecule has 0 saturated carbocycles. The van der Waals surface area contributed by atoms with E-state index in [9.17, 15) is 9.18 Å². The summed E-state index contributed by atoms with van der Waals surface area (Å²) in [6.45, 7) is 4.99. The monoisotopic (exact) mass is 389 g/mol. The molecule has 0 aliphatic carbocycles. The van der Waals surface area contributed by atoms with Crippen LogP contribution in [-0.4, -0.2) is 79.0 Å². The Balaban J connectivity index is 1.61. The fourth-order valence-electron chi connectivity index (χ4n) is 3.22. The lowest BCUT2D eigenvalue weighted by Crippen LogP contribution is -2.43. The second-order valence-corrected chi connectivity index (χ2v) is 7.20. The van der Waals surface area contributed by atoms with E-state index in [0.717, 1.165) is 18.8 Å². The van der Waals surface area contributed by atoms with Crippen molar-refractivity contribution in [3.05, 3.63) is 41.8 Å². The summed E-state index contributed by atoms with van der Waals surface area (Å²) in [5, 5.41) is 7.53. The smallest absolute Gasteiger partial charge is 0.234 e. The summed E-state index contributed by atoms with van der Waals surface area (Å²) in [5.74, 6) is -0.292. The van der Waals surface area contributed by atoms with Crippen molar-refractivity contribution in [2.45, 2.75) is 13.1 Å². The molecule has 1 aromatic carbocycles. The number of hydrogen-bond acceptors (Lipinski definition) is 5. The normalized spacial score (nSPS) is 15.1. The summed E-state index contributed by atoms with van der Waals surface area (Å²) in [7, 11) is 3.95. The summed E-state index contributed by atoms with van der Waals surface area (Å²) in [6.07, 6.45) is 0. The standard InChI is InChI=1S/C20H28FN5O2/c1-24(2)14-16-13-19(17-5-3-4-6-18(17)21)23-26(16)8-7-22-20(27)15-25-9-11-28-12-10-25/h3-6,13H,7-12,14-15H2,1-2H3,(H,22,27). The molecule has 2 aromatic rings. The average molecular weight is 389 g/mol. The van der Waals surface area contributed by atoms with Gasteiger partial charge in [-0.3, -0.25) is 14.4 Å². The lowest BCUT2D eigenvalue weighted by atomic mass is 10.1. The number of rotatable bonds is 8. The van der Waals surface area contributed by atoms with E-state index in [2.05, 4.69) is 15.3 Å². The van der Waals surface area contributed by atoms with Gasteiger partial charge in [0.1, 0.15) is 5.82 Å². The largest absolute Gasteiger partial charge is 0.379 e. The van der Waals surface area contributed by atoms with Crippen LogP contribution in [0, 0.1) is 5.82 Å². The Morgan fingerprint density at radius 1 is 1.29 bits per heavy atom. The van der Waals surface area contributed by atoms with Gasteiger partial charge in [0.15, 0.2) is 0 Å². The third kappa shape index (κ3) is 5.60. The lowest BCUT2D eigenvalue weighted by Gasteiger charge is -2.25. The number of halogens is 1. The molecule has 1 aromatic heterocycles. The highest BCUT2D eigenvalue weighted by atomic mass is 19.1. The Morgan fingerprint density at radius 2 is 2.04 bits per heavy atom. The van der Waals surface area contributed by atoms with Crippen molar-refractivity contribution in [2.75, 3.05) is 53.5 Å². The van der Waals surface area contributed by atoms with Crippen LogP contribution in [0.3, 0.4) is 0 Å². The second-order valence-electron chi connectivity index (χ2n) is 7.20. The summed E-state index contributed by atoms with van der Waals surface area (Å²) in [5.41, 5.74) is 2.07. The maximum absolute atomic E-state index is 14.1. The van der Waals surface area contributed by atoms with Crippen molar-refractivity contribution < 1.29 is 13.9 Å². The van der Waals surface area contributed by atoms with Gasteiger partial charge in [0.2, 0.25) is 5.91 Å². The predicted molar refractivity (Wildman–Crippen MR) is 105 cm³/mol. The highest BCUT2D eigenvalue weighted by molar-refractivity contribution is 5.78. The van der Waals surface area contributed by atoms with Gasteiger partial charge in [0.05, 0.1) is 37.7 Å². The average Bonchev–Trinajstić information content (AvgIpc) is 3.04. The first-order valence-corrected chi connectivity index (χ1v) is 9.56. The number of carbonyl (C=O) groups excluding carboxylic acids is 1. The van der Waals surface area contributed by atoms with Crippen molar-refractivity contribution in [3.63, 3.8) is 0 Å². The molecule has 1 aliphatic heterocycles. The Bertz CT molecular complexity index is 787. The Labute approximate surface area is 165 Å². The number of ether oxygens (including phenoxy) is 1. The van der Waals surface area contributed by atoms with Crippen LogP contribution in [0.4, 0.5) is 4.39 Å². The van der Waals surface area contributed by atoms with Crippen LogP contribution < -0.4 is 5.32 Å². The molecule has 0 unspecified atom stereocenters. The van der Waals surface area contributed by atoms with Crippen molar-refractivity contribution in [1.29, 1.82) is 0 Å². The molecule has 1 amide bonds. The van der Waals surface area contributed by atoms with Gasteiger partial charge in [-0.25, -0.2) is 4.39 Å². The number of hydrogen-bond donors (Lipinski definition) is 1. The zero-order chi connectivity index (χ0) is 19.9. The van der Waals surface area contributed by atoms with Crippen LogP contribution >= 0.6 is 0 Å². The fraction of sp³-hybridized carbons (Fsp3) is 0.500. The molecule has 7 nitrogen and oxygen atoms in total. The van der Waals surface area contributed by atoms with Crippen LogP contribution in [0.1, 0.15) is 5.69 Å². The molecule has 3 rings (SSSR count). The van der Waals surface area contributed by atoms with Crippen molar-refractivity contribution in [3.8, 4) is 11.3 Å². The number of aromatic nitrogens is 2. The van der Waals surface area contributed by atoms with Gasteiger partial charge in [0.25, 0.3) is 0 Å². The Kier molecular flexibility index (Phi) is 7.13. The molecule has 1 saturated heterocycles.